The predicted octanol–water partition coefficient (Wildman–Crippen LogP) is 4.68. The molecule has 0 aliphatic heterocycles. The lowest BCUT2D eigenvalue weighted by Crippen LogP contribution is -2.03. The Bertz CT molecular complexity index is 857. The third-order valence-electron chi connectivity index (χ3n) is 3.04. The molecule has 8 heteroatoms. The average molecular weight is 387 g/mol. The van der Waals surface area contributed by atoms with Crippen LogP contribution in [0, 0.1) is 10.1 Å². The van der Waals surface area contributed by atoms with E-state index in [1.807, 2.05) is 18.2 Å². The number of para-hydroxylation sites is 1. The number of ether oxygens (including phenoxy) is 1. The summed E-state index contributed by atoms with van der Waals surface area (Å²) in [6, 6.07) is 15.9. The van der Waals surface area contributed by atoms with Gasteiger partial charge in [-0.2, -0.15) is 4.98 Å². The van der Waals surface area contributed by atoms with Crippen molar-refractivity contribution < 1.29 is 9.66 Å². The molecule has 0 radical (unpaired) electrons. The summed E-state index contributed by atoms with van der Waals surface area (Å²) in [7, 11) is 0. The van der Waals surface area contributed by atoms with Crippen molar-refractivity contribution in [2.75, 3.05) is 5.32 Å². The summed E-state index contributed by atoms with van der Waals surface area (Å²) in [4.78, 5) is 18.8. The van der Waals surface area contributed by atoms with Gasteiger partial charge in [-0.15, -0.1) is 0 Å². The lowest BCUT2D eigenvalue weighted by atomic mass is 10.3. The van der Waals surface area contributed by atoms with Crippen LogP contribution in [0.4, 0.5) is 17.2 Å². The predicted molar refractivity (Wildman–Crippen MR) is 92.6 cm³/mol. The quantitative estimate of drug-likeness (QED) is 0.505. The first-order valence-electron chi connectivity index (χ1n) is 6.88. The number of benzene rings is 2. The molecule has 2 aromatic carbocycles. The van der Waals surface area contributed by atoms with Gasteiger partial charge in [-0.05, 0) is 36.4 Å². The number of nitrogens with one attached hydrogen (secondary N) is 1. The number of hydrogen-bond acceptors (Lipinski definition) is 6. The molecule has 0 saturated carbocycles. The van der Waals surface area contributed by atoms with E-state index in [1.54, 1.807) is 36.4 Å². The van der Waals surface area contributed by atoms with Crippen LogP contribution in [0.2, 0.25) is 0 Å². The molecule has 0 aliphatic rings. The van der Waals surface area contributed by atoms with Crippen molar-refractivity contribution in [3.05, 3.63) is 75.5 Å². The molecule has 1 heterocycles. The Kier molecular flexibility index (Phi) is 4.66. The highest BCUT2D eigenvalue weighted by molar-refractivity contribution is 9.10. The first-order valence-corrected chi connectivity index (χ1v) is 7.67. The summed E-state index contributed by atoms with van der Waals surface area (Å²) >= 11 is 3.32. The van der Waals surface area contributed by atoms with Crippen molar-refractivity contribution in [2.45, 2.75) is 0 Å². The van der Waals surface area contributed by atoms with Gasteiger partial charge in [-0.3, -0.25) is 10.1 Å². The molecular weight excluding hydrogens is 376 g/mol. The Balaban J connectivity index is 1.96. The molecule has 0 aliphatic carbocycles. The fourth-order valence-electron chi connectivity index (χ4n) is 1.97. The van der Waals surface area contributed by atoms with E-state index in [9.17, 15) is 10.1 Å². The number of aromatic nitrogens is 2. The monoisotopic (exact) mass is 386 g/mol. The lowest BCUT2D eigenvalue weighted by Gasteiger charge is -2.09. The van der Waals surface area contributed by atoms with E-state index in [1.165, 1.54) is 6.33 Å². The van der Waals surface area contributed by atoms with Crippen LogP contribution in [0.25, 0.3) is 0 Å². The Morgan fingerprint density at radius 2 is 1.75 bits per heavy atom. The van der Waals surface area contributed by atoms with Crippen LogP contribution in [-0.2, 0) is 0 Å². The molecule has 24 heavy (non-hydrogen) atoms. The van der Waals surface area contributed by atoms with Crippen molar-refractivity contribution in [3.8, 4) is 11.6 Å². The third-order valence-corrected chi connectivity index (χ3v) is 3.56. The molecular formula is C16H11BrN4O3. The van der Waals surface area contributed by atoms with Crippen molar-refractivity contribution in [1.82, 2.24) is 9.97 Å². The average Bonchev–Trinajstić information content (AvgIpc) is 2.58. The van der Waals surface area contributed by atoms with Gasteiger partial charge in [-0.1, -0.05) is 34.1 Å². The first-order chi connectivity index (χ1) is 11.6. The highest BCUT2D eigenvalue weighted by Gasteiger charge is 2.25. The molecule has 3 rings (SSSR count). The maximum atomic E-state index is 11.5. The van der Waals surface area contributed by atoms with Crippen molar-refractivity contribution in [2.24, 2.45) is 0 Å². The van der Waals surface area contributed by atoms with E-state index in [4.69, 9.17) is 4.74 Å². The first kappa shape index (κ1) is 15.9. The Labute approximate surface area is 145 Å². The number of hydrogen-bond donors (Lipinski definition) is 1. The van der Waals surface area contributed by atoms with Crippen LogP contribution in [0.3, 0.4) is 0 Å². The van der Waals surface area contributed by atoms with Crippen molar-refractivity contribution in [1.29, 1.82) is 0 Å². The van der Waals surface area contributed by atoms with Crippen molar-refractivity contribution >= 4 is 33.1 Å². The zero-order chi connectivity index (χ0) is 16.9. The zero-order valence-electron chi connectivity index (χ0n) is 12.2. The van der Waals surface area contributed by atoms with Crippen LogP contribution in [0.15, 0.2) is 65.4 Å². The molecule has 0 atom stereocenters. The highest BCUT2D eigenvalue weighted by atomic mass is 79.9. The molecule has 0 spiro atoms. The van der Waals surface area contributed by atoms with E-state index in [0.29, 0.717) is 11.4 Å². The molecule has 7 nitrogen and oxygen atoms in total. The number of anilines is 2. The fraction of sp³-hybridized carbons (Fsp3) is 0. The molecule has 3 aromatic rings. The van der Waals surface area contributed by atoms with Gasteiger partial charge in [0.25, 0.3) is 0 Å². The van der Waals surface area contributed by atoms with Gasteiger partial charge in [-0.25, -0.2) is 4.98 Å². The van der Waals surface area contributed by atoms with E-state index in [2.05, 4.69) is 31.2 Å². The van der Waals surface area contributed by atoms with Gasteiger partial charge in [0.1, 0.15) is 12.1 Å². The number of nitrogens with zero attached hydrogens (tertiary/aromatic N) is 3. The highest BCUT2D eigenvalue weighted by Crippen LogP contribution is 2.35. The molecule has 0 amide bonds. The maximum absolute atomic E-state index is 11.5. The Morgan fingerprint density at radius 3 is 2.42 bits per heavy atom. The van der Waals surface area contributed by atoms with E-state index < -0.39 is 4.92 Å². The van der Waals surface area contributed by atoms with Gasteiger partial charge in [0, 0.05) is 10.2 Å². The van der Waals surface area contributed by atoms with E-state index in [0.717, 1.165) is 4.47 Å². The topological polar surface area (TPSA) is 90.2 Å². The van der Waals surface area contributed by atoms with Crippen LogP contribution in [-0.4, -0.2) is 14.9 Å². The summed E-state index contributed by atoms with van der Waals surface area (Å²) in [5.41, 5.74) is 0.346. The lowest BCUT2D eigenvalue weighted by molar-refractivity contribution is -0.385. The molecule has 0 unspecified atom stereocenters. The van der Waals surface area contributed by atoms with Crippen LogP contribution >= 0.6 is 15.9 Å². The van der Waals surface area contributed by atoms with Crippen molar-refractivity contribution in [3.63, 3.8) is 0 Å². The van der Waals surface area contributed by atoms with Crippen LogP contribution in [0.1, 0.15) is 0 Å². The summed E-state index contributed by atoms with van der Waals surface area (Å²) in [6.45, 7) is 0. The second-order valence-electron chi connectivity index (χ2n) is 4.68. The Morgan fingerprint density at radius 1 is 1.04 bits per heavy atom. The SMILES string of the molecule is O=[N+]([O-])c1c(Nc2ccccc2)ncnc1Oc1ccc(Br)cc1. The largest absolute Gasteiger partial charge is 0.434 e. The minimum Gasteiger partial charge on any atom is -0.434 e. The summed E-state index contributed by atoms with van der Waals surface area (Å²) in [5, 5.41) is 14.4. The second-order valence-corrected chi connectivity index (χ2v) is 5.60. The third kappa shape index (κ3) is 3.66. The normalized spacial score (nSPS) is 10.2. The molecule has 0 bridgehead atoms. The smallest absolute Gasteiger partial charge is 0.373 e. The second kappa shape index (κ2) is 7.05. The minimum atomic E-state index is -0.570. The summed E-state index contributed by atoms with van der Waals surface area (Å²) in [5.74, 6) is 0.370. The fourth-order valence-corrected chi connectivity index (χ4v) is 2.23. The van der Waals surface area contributed by atoms with E-state index in [-0.39, 0.29) is 17.4 Å². The summed E-state index contributed by atoms with van der Waals surface area (Å²) < 4.78 is 6.42. The molecule has 120 valence electrons. The number of nitro groups is 1. The molecule has 1 aromatic heterocycles. The van der Waals surface area contributed by atoms with Crippen LogP contribution < -0.4 is 10.1 Å². The number of rotatable bonds is 5. The molecule has 0 fully saturated rings. The molecule has 1 N–H and O–H groups in total. The van der Waals surface area contributed by atoms with Gasteiger partial charge < -0.3 is 10.1 Å². The van der Waals surface area contributed by atoms with Gasteiger partial charge in [0.15, 0.2) is 0 Å². The number of halogens is 1. The Hall–Kier alpha value is -3.00. The standard InChI is InChI=1S/C16H11BrN4O3/c17-11-6-8-13(9-7-11)24-16-14(21(22)23)15(18-10-19-16)20-12-4-2-1-3-5-12/h1-10H,(H,18,19,20). The van der Waals surface area contributed by atoms with E-state index >= 15 is 0 Å². The van der Waals surface area contributed by atoms with Gasteiger partial charge >= 0.3 is 11.6 Å². The maximum Gasteiger partial charge on any atom is 0.373 e. The van der Waals surface area contributed by atoms with Crippen LogP contribution in [0.5, 0.6) is 11.6 Å². The van der Waals surface area contributed by atoms with Gasteiger partial charge in [0.2, 0.25) is 5.82 Å². The molecule has 0 saturated heterocycles. The summed E-state index contributed by atoms with van der Waals surface area (Å²) in [6.07, 6.45) is 1.21. The minimum absolute atomic E-state index is 0.0633. The zero-order valence-corrected chi connectivity index (χ0v) is 13.8. The van der Waals surface area contributed by atoms with Gasteiger partial charge in [0.05, 0.1) is 4.92 Å².